The molecule has 0 fully saturated rings. The van der Waals surface area contributed by atoms with Crippen LogP contribution in [0.5, 0.6) is 0 Å². The van der Waals surface area contributed by atoms with Crippen LogP contribution in [-0.4, -0.2) is 47.2 Å². The summed E-state index contributed by atoms with van der Waals surface area (Å²) in [6, 6.07) is 14.4. The number of hydrogen-bond donors (Lipinski definition) is 5. The maximum atomic E-state index is 11.7. The Hall–Kier alpha value is -4.28. The molecule has 0 atom stereocenters. The molecule has 0 saturated heterocycles. The summed E-state index contributed by atoms with van der Waals surface area (Å²) in [6.07, 6.45) is 0. The summed E-state index contributed by atoms with van der Waals surface area (Å²) in [4.78, 5) is 50.6. The summed E-state index contributed by atoms with van der Waals surface area (Å²) in [5.41, 5.74) is 2.64. The van der Waals surface area contributed by atoms with E-state index in [1.54, 1.807) is 38.3 Å². The number of carbonyl (C=O) groups excluding carboxylic acids is 2. The molecule has 4 aromatic rings. The zero-order chi connectivity index (χ0) is 29.5. The van der Waals surface area contributed by atoms with E-state index in [1.165, 1.54) is 13.8 Å². The second-order valence-electron chi connectivity index (χ2n) is 8.42. The minimum absolute atomic E-state index is 0.137. The Bertz CT molecular complexity index is 1390. The molecule has 0 aliphatic heterocycles. The summed E-state index contributed by atoms with van der Waals surface area (Å²) in [5.74, 6) is -0.300. The van der Waals surface area contributed by atoms with E-state index >= 15 is 0 Å². The van der Waals surface area contributed by atoms with Crippen molar-refractivity contribution in [2.75, 3.05) is 31.0 Å². The van der Waals surface area contributed by atoms with Crippen molar-refractivity contribution < 1.29 is 19.4 Å². The standard InChI is InChI=1S/2C12H12N2O2.C3H8O.C2H6O/c2*1-7-5-9-3-4-10(14-8(2)15)6-11(9)12(16)13-7;1-3-4-2;1-2-3/h2*3-6H,1-2H3,(H,13,16)(H,14,15);3H2,1-2H3;3H,2H2,1H3. The Morgan fingerprint density at radius 3 is 1.38 bits per heavy atom. The van der Waals surface area contributed by atoms with Crippen LogP contribution < -0.4 is 21.8 Å². The number of aromatic amines is 2. The van der Waals surface area contributed by atoms with Crippen LogP contribution in [0.15, 0.2) is 58.1 Å². The van der Waals surface area contributed by atoms with Gasteiger partial charge in [-0.05, 0) is 74.9 Å². The summed E-state index contributed by atoms with van der Waals surface area (Å²) >= 11 is 0. The predicted molar refractivity (Wildman–Crippen MR) is 158 cm³/mol. The molecule has 4 rings (SSSR count). The van der Waals surface area contributed by atoms with Crippen LogP contribution in [0.4, 0.5) is 11.4 Å². The summed E-state index contributed by atoms with van der Waals surface area (Å²) in [6.45, 7) is 11.2. The second-order valence-corrected chi connectivity index (χ2v) is 8.42. The molecular weight excluding hydrogens is 500 g/mol. The number of aryl methyl sites for hydroxylation is 2. The zero-order valence-electron chi connectivity index (χ0n) is 23.5. The van der Waals surface area contributed by atoms with Crippen LogP contribution in [0.1, 0.15) is 39.1 Å². The first-order valence-electron chi connectivity index (χ1n) is 12.4. The number of aliphatic hydroxyl groups excluding tert-OH is 1. The van der Waals surface area contributed by atoms with Crippen LogP contribution in [-0.2, 0) is 14.3 Å². The van der Waals surface area contributed by atoms with Gasteiger partial charge in [-0.15, -0.1) is 0 Å². The molecule has 0 spiro atoms. The molecule has 2 amide bonds. The third kappa shape index (κ3) is 11.3. The molecule has 39 heavy (non-hydrogen) atoms. The third-order valence-corrected chi connectivity index (χ3v) is 4.89. The Kier molecular flexibility index (Phi) is 13.9. The topological polar surface area (TPSA) is 153 Å². The minimum atomic E-state index is -0.150. The maximum absolute atomic E-state index is 11.7. The van der Waals surface area contributed by atoms with Gasteiger partial charge >= 0.3 is 0 Å². The number of fused-ring (bicyclic) bond motifs is 2. The average molecular weight is 539 g/mol. The molecule has 0 radical (unpaired) electrons. The number of anilines is 2. The minimum Gasteiger partial charge on any atom is -0.397 e. The molecule has 0 bridgehead atoms. The molecule has 5 N–H and O–H groups in total. The van der Waals surface area contributed by atoms with Gasteiger partial charge in [-0.3, -0.25) is 19.2 Å². The lowest BCUT2D eigenvalue weighted by Crippen LogP contribution is -2.09. The van der Waals surface area contributed by atoms with Gasteiger partial charge in [-0.1, -0.05) is 12.1 Å². The Morgan fingerprint density at radius 1 is 0.769 bits per heavy atom. The van der Waals surface area contributed by atoms with Crippen molar-refractivity contribution in [3.8, 4) is 0 Å². The lowest BCUT2D eigenvalue weighted by Gasteiger charge is -2.04. The summed E-state index contributed by atoms with van der Waals surface area (Å²) < 4.78 is 4.54. The van der Waals surface area contributed by atoms with E-state index in [0.717, 1.165) is 28.8 Å². The highest BCUT2D eigenvalue weighted by Crippen LogP contribution is 2.17. The van der Waals surface area contributed by atoms with Crippen LogP contribution in [0.2, 0.25) is 0 Å². The van der Waals surface area contributed by atoms with Crippen LogP contribution >= 0.6 is 0 Å². The van der Waals surface area contributed by atoms with E-state index in [9.17, 15) is 19.2 Å². The van der Waals surface area contributed by atoms with E-state index in [2.05, 4.69) is 25.3 Å². The summed E-state index contributed by atoms with van der Waals surface area (Å²) in [5, 5.41) is 15.8. The number of pyridine rings is 2. The van der Waals surface area contributed by atoms with Gasteiger partial charge in [0.15, 0.2) is 0 Å². The number of H-pyrrole nitrogens is 2. The Morgan fingerprint density at radius 2 is 1.10 bits per heavy atom. The van der Waals surface area contributed by atoms with E-state index in [4.69, 9.17) is 5.11 Å². The molecule has 2 aromatic heterocycles. The number of rotatable bonds is 3. The molecule has 0 saturated carbocycles. The normalized spacial score (nSPS) is 9.74. The van der Waals surface area contributed by atoms with Gasteiger partial charge in [0.25, 0.3) is 11.1 Å². The van der Waals surface area contributed by atoms with Gasteiger partial charge in [0.05, 0.1) is 0 Å². The second kappa shape index (κ2) is 16.5. The van der Waals surface area contributed by atoms with Crippen molar-refractivity contribution in [2.45, 2.75) is 41.5 Å². The fourth-order valence-electron chi connectivity index (χ4n) is 3.35. The highest BCUT2D eigenvalue weighted by atomic mass is 16.5. The van der Waals surface area contributed by atoms with Crippen LogP contribution in [0, 0.1) is 13.8 Å². The molecule has 2 heterocycles. The number of amides is 2. The Balaban J connectivity index is 0.000000316. The fraction of sp³-hybridized carbons (Fsp3) is 0.310. The maximum Gasteiger partial charge on any atom is 0.256 e. The number of carbonyl (C=O) groups is 2. The molecule has 10 heteroatoms. The van der Waals surface area contributed by atoms with Gasteiger partial charge in [0, 0.05) is 67.7 Å². The van der Waals surface area contributed by atoms with E-state index in [-0.39, 0.29) is 29.5 Å². The van der Waals surface area contributed by atoms with Gasteiger partial charge in [-0.25, -0.2) is 0 Å². The van der Waals surface area contributed by atoms with Gasteiger partial charge < -0.3 is 30.4 Å². The van der Waals surface area contributed by atoms with Crippen LogP contribution in [0.3, 0.4) is 0 Å². The zero-order valence-corrected chi connectivity index (χ0v) is 23.5. The van der Waals surface area contributed by atoms with Crippen LogP contribution in [0.25, 0.3) is 21.5 Å². The lowest BCUT2D eigenvalue weighted by molar-refractivity contribution is -0.115. The third-order valence-electron chi connectivity index (χ3n) is 4.89. The SMILES string of the molecule is CC(=O)Nc1ccc2cc(C)[nH]c(=O)c2c1.CC(=O)Nc1ccc2cc(C)[nH]c(=O)c2c1.CCO.CCOC. The first-order valence-corrected chi connectivity index (χ1v) is 12.4. The van der Waals surface area contributed by atoms with Crippen molar-refractivity contribution in [3.63, 3.8) is 0 Å². The smallest absolute Gasteiger partial charge is 0.256 e. The van der Waals surface area contributed by atoms with Crippen molar-refractivity contribution in [3.05, 3.63) is 80.6 Å². The summed E-state index contributed by atoms with van der Waals surface area (Å²) in [7, 11) is 1.68. The molecule has 0 unspecified atom stereocenters. The molecule has 0 aliphatic carbocycles. The Labute approximate surface area is 227 Å². The lowest BCUT2D eigenvalue weighted by atomic mass is 10.1. The average Bonchev–Trinajstić information content (AvgIpc) is 2.85. The van der Waals surface area contributed by atoms with Gasteiger partial charge in [-0.2, -0.15) is 0 Å². The van der Waals surface area contributed by atoms with E-state index in [0.29, 0.717) is 22.1 Å². The monoisotopic (exact) mass is 538 g/mol. The number of methoxy groups -OCH3 is 1. The molecule has 0 aliphatic rings. The first-order chi connectivity index (χ1) is 18.4. The number of hydrogen-bond acceptors (Lipinski definition) is 6. The van der Waals surface area contributed by atoms with Gasteiger partial charge in [0.2, 0.25) is 11.8 Å². The highest BCUT2D eigenvalue weighted by molar-refractivity contribution is 5.93. The van der Waals surface area contributed by atoms with Crippen molar-refractivity contribution in [2.24, 2.45) is 0 Å². The van der Waals surface area contributed by atoms with Crippen molar-refractivity contribution >= 4 is 44.7 Å². The van der Waals surface area contributed by atoms with Gasteiger partial charge in [0.1, 0.15) is 0 Å². The predicted octanol–water partition coefficient (Wildman–Crippen LogP) is 4.24. The highest BCUT2D eigenvalue weighted by Gasteiger charge is 2.03. The van der Waals surface area contributed by atoms with E-state index in [1.807, 2.05) is 45.0 Å². The van der Waals surface area contributed by atoms with E-state index < -0.39 is 0 Å². The number of aliphatic hydroxyl groups is 1. The number of aromatic nitrogens is 2. The first kappa shape index (κ1) is 32.7. The molecular formula is C29H38N4O6. The fourth-order valence-corrected chi connectivity index (χ4v) is 3.35. The molecule has 2 aromatic carbocycles. The van der Waals surface area contributed by atoms with Crippen molar-refractivity contribution in [1.82, 2.24) is 9.97 Å². The largest absolute Gasteiger partial charge is 0.397 e. The quantitative estimate of drug-likeness (QED) is 0.263. The number of benzene rings is 2. The van der Waals surface area contributed by atoms with Crippen molar-refractivity contribution in [1.29, 1.82) is 0 Å². The number of ether oxygens (including phenoxy) is 1. The molecule has 210 valence electrons. The number of nitrogens with one attached hydrogen (secondary N) is 4. The molecule has 10 nitrogen and oxygen atoms in total.